The summed E-state index contributed by atoms with van der Waals surface area (Å²) in [6.07, 6.45) is 2.16. The maximum atomic E-state index is 13.9. The van der Waals surface area contributed by atoms with E-state index >= 15 is 0 Å². The van der Waals surface area contributed by atoms with Crippen molar-refractivity contribution in [1.82, 2.24) is 0 Å². The number of hydrogen-bond acceptors (Lipinski definition) is 1. The lowest BCUT2D eigenvalue weighted by Crippen LogP contribution is -2.09. The molecule has 0 saturated heterocycles. The van der Waals surface area contributed by atoms with Gasteiger partial charge in [0.1, 0.15) is 11.6 Å². The second-order valence-electron chi connectivity index (χ2n) is 5.44. The van der Waals surface area contributed by atoms with Crippen LogP contribution in [0.5, 0.6) is 0 Å². The summed E-state index contributed by atoms with van der Waals surface area (Å²) in [5.41, 5.74) is 2.86. The molecule has 1 nitrogen and oxygen atoms in total. The molecule has 112 valence electrons. The minimum Gasteiger partial charge on any atom is -0.378 e. The summed E-state index contributed by atoms with van der Waals surface area (Å²) in [5, 5.41) is 3.21. The molecule has 0 aliphatic rings. The molecule has 0 radical (unpaired) electrons. The van der Waals surface area contributed by atoms with Gasteiger partial charge in [-0.25, -0.2) is 8.78 Å². The molecule has 2 aromatic carbocycles. The number of halogens is 2. The Balaban J connectivity index is 2.14. The van der Waals surface area contributed by atoms with Crippen LogP contribution in [0.25, 0.3) is 0 Å². The van der Waals surface area contributed by atoms with Crippen molar-refractivity contribution in [3.05, 3.63) is 64.7 Å². The monoisotopic (exact) mass is 289 g/mol. The van der Waals surface area contributed by atoms with E-state index in [0.29, 0.717) is 11.1 Å². The zero-order valence-electron chi connectivity index (χ0n) is 12.7. The van der Waals surface area contributed by atoms with Gasteiger partial charge in [-0.05, 0) is 55.7 Å². The van der Waals surface area contributed by atoms with Crippen molar-refractivity contribution < 1.29 is 8.78 Å². The molecule has 0 spiro atoms. The molecule has 0 aromatic heterocycles. The fourth-order valence-electron chi connectivity index (χ4n) is 2.38. The summed E-state index contributed by atoms with van der Waals surface area (Å²) in [6.45, 7) is 5.53. The first-order valence-electron chi connectivity index (χ1n) is 7.32. The second-order valence-corrected chi connectivity index (χ2v) is 5.44. The second kappa shape index (κ2) is 6.70. The molecule has 0 bridgehead atoms. The molecule has 1 unspecified atom stereocenters. The van der Waals surface area contributed by atoms with E-state index in [9.17, 15) is 8.78 Å². The highest BCUT2D eigenvalue weighted by Gasteiger charge is 2.13. The van der Waals surface area contributed by atoms with Gasteiger partial charge in [-0.3, -0.25) is 0 Å². The van der Waals surface area contributed by atoms with Crippen LogP contribution in [0.2, 0.25) is 0 Å². The van der Waals surface area contributed by atoms with Crippen LogP contribution in [0.15, 0.2) is 36.4 Å². The topological polar surface area (TPSA) is 12.0 Å². The van der Waals surface area contributed by atoms with Gasteiger partial charge in [0.2, 0.25) is 0 Å². The van der Waals surface area contributed by atoms with E-state index in [2.05, 4.69) is 24.4 Å². The maximum Gasteiger partial charge on any atom is 0.128 e. The number of aryl methyl sites for hydroxylation is 2. The third kappa shape index (κ3) is 3.81. The van der Waals surface area contributed by atoms with E-state index < -0.39 is 0 Å². The van der Waals surface area contributed by atoms with Gasteiger partial charge < -0.3 is 5.32 Å². The van der Waals surface area contributed by atoms with E-state index in [4.69, 9.17) is 0 Å². The van der Waals surface area contributed by atoms with Gasteiger partial charge in [0.05, 0.1) is 6.04 Å². The molecular weight excluding hydrogens is 268 g/mol. The molecule has 2 rings (SSSR count). The van der Waals surface area contributed by atoms with Crippen LogP contribution in [-0.2, 0) is 6.42 Å². The predicted octanol–water partition coefficient (Wildman–Crippen LogP) is 5.40. The number of nitrogens with one attached hydrogen (secondary N) is 1. The Labute approximate surface area is 125 Å². The summed E-state index contributed by atoms with van der Waals surface area (Å²) in [7, 11) is 0. The van der Waals surface area contributed by atoms with Crippen molar-refractivity contribution in [2.75, 3.05) is 5.32 Å². The molecule has 3 heteroatoms. The summed E-state index contributed by atoms with van der Waals surface area (Å²) in [5.74, 6) is -0.755. The Bertz CT molecular complexity index is 605. The highest BCUT2D eigenvalue weighted by atomic mass is 19.1. The van der Waals surface area contributed by atoms with Crippen molar-refractivity contribution in [3.8, 4) is 0 Å². The number of anilines is 1. The van der Waals surface area contributed by atoms with Crippen LogP contribution in [0.1, 0.15) is 43.0 Å². The highest BCUT2D eigenvalue weighted by Crippen LogP contribution is 2.24. The van der Waals surface area contributed by atoms with Gasteiger partial charge in [-0.2, -0.15) is 0 Å². The quantitative estimate of drug-likeness (QED) is 0.777. The minimum atomic E-state index is -0.378. The Morgan fingerprint density at radius 1 is 1.05 bits per heavy atom. The first-order valence-corrected chi connectivity index (χ1v) is 7.32. The molecule has 0 saturated carbocycles. The highest BCUT2D eigenvalue weighted by molar-refractivity contribution is 5.47. The smallest absolute Gasteiger partial charge is 0.128 e. The lowest BCUT2D eigenvalue weighted by atomic mass is 10.0. The Kier molecular flexibility index (Phi) is 4.94. The number of benzene rings is 2. The van der Waals surface area contributed by atoms with Crippen molar-refractivity contribution in [3.63, 3.8) is 0 Å². The average molecular weight is 289 g/mol. The molecule has 2 aromatic rings. The summed E-state index contributed by atoms with van der Waals surface area (Å²) in [6, 6.07) is 10.3. The van der Waals surface area contributed by atoms with E-state index in [1.807, 2.05) is 19.1 Å². The summed E-state index contributed by atoms with van der Waals surface area (Å²) < 4.78 is 27.5. The molecule has 0 aliphatic carbocycles. The van der Waals surface area contributed by atoms with E-state index in [-0.39, 0.29) is 17.7 Å². The first kappa shape index (κ1) is 15.5. The third-order valence-electron chi connectivity index (χ3n) is 3.62. The van der Waals surface area contributed by atoms with Gasteiger partial charge in [-0.1, -0.05) is 25.5 Å². The fraction of sp³-hybridized carbons (Fsp3) is 0.333. The summed E-state index contributed by atoms with van der Waals surface area (Å²) in [4.78, 5) is 0. The molecule has 0 aliphatic heterocycles. The van der Waals surface area contributed by atoms with Gasteiger partial charge >= 0.3 is 0 Å². The first-order chi connectivity index (χ1) is 10.0. The van der Waals surface area contributed by atoms with E-state index in [1.54, 1.807) is 6.92 Å². The lowest BCUT2D eigenvalue weighted by Gasteiger charge is -2.17. The fourth-order valence-corrected chi connectivity index (χ4v) is 2.38. The molecule has 1 atom stereocenters. The Hall–Kier alpha value is -1.90. The van der Waals surface area contributed by atoms with E-state index in [1.165, 1.54) is 17.7 Å². The van der Waals surface area contributed by atoms with Crippen LogP contribution >= 0.6 is 0 Å². The zero-order valence-corrected chi connectivity index (χ0v) is 12.7. The van der Waals surface area contributed by atoms with Gasteiger partial charge in [0.25, 0.3) is 0 Å². The minimum absolute atomic E-state index is 0.294. The largest absolute Gasteiger partial charge is 0.378 e. The summed E-state index contributed by atoms with van der Waals surface area (Å²) >= 11 is 0. The maximum absolute atomic E-state index is 13.9. The molecule has 21 heavy (non-hydrogen) atoms. The standard InChI is InChI=1S/C18H21F2N/c1-4-5-14-6-8-15(9-7-14)21-13(3)16-11-17(19)12(2)10-18(16)20/h6-11,13,21H,4-5H2,1-3H3. The van der Waals surface area contributed by atoms with Crippen molar-refractivity contribution in [1.29, 1.82) is 0 Å². The van der Waals surface area contributed by atoms with Crippen LogP contribution in [-0.4, -0.2) is 0 Å². The van der Waals surface area contributed by atoms with Crippen LogP contribution in [0, 0.1) is 18.6 Å². The normalized spacial score (nSPS) is 12.2. The third-order valence-corrected chi connectivity index (χ3v) is 3.62. The molecule has 0 amide bonds. The van der Waals surface area contributed by atoms with Crippen molar-refractivity contribution in [2.24, 2.45) is 0 Å². The Morgan fingerprint density at radius 3 is 2.33 bits per heavy atom. The number of rotatable bonds is 5. The molecular formula is C18H21F2N. The average Bonchev–Trinajstić information content (AvgIpc) is 2.45. The van der Waals surface area contributed by atoms with Crippen LogP contribution in [0.3, 0.4) is 0 Å². The lowest BCUT2D eigenvalue weighted by molar-refractivity contribution is 0.571. The van der Waals surface area contributed by atoms with Crippen molar-refractivity contribution in [2.45, 2.75) is 39.7 Å². The molecule has 0 fully saturated rings. The Morgan fingerprint density at radius 2 is 1.71 bits per heavy atom. The molecule has 0 heterocycles. The number of hydrogen-bond donors (Lipinski definition) is 1. The van der Waals surface area contributed by atoms with Gasteiger partial charge in [0.15, 0.2) is 0 Å². The van der Waals surface area contributed by atoms with E-state index in [0.717, 1.165) is 18.5 Å². The van der Waals surface area contributed by atoms with Gasteiger partial charge in [0, 0.05) is 11.3 Å². The van der Waals surface area contributed by atoms with Crippen molar-refractivity contribution >= 4 is 5.69 Å². The SMILES string of the molecule is CCCc1ccc(NC(C)c2cc(F)c(C)cc2F)cc1. The zero-order chi connectivity index (χ0) is 15.4. The van der Waals surface area contributed by atoms with Crippen LogP contribution < -0.4 is 5.32 Å². The van der Waals surface area contributed by atoms with Crippen LogP contribution in [0.4, 0.5) is 14.5 Å². The van der Waals surface area contributed by atoms with Gasteiger partial charge in [-0.15, -0.1) is 0 Å². The molecule has 1 N–H and O–H groups in total. The predicted molar refractivity (Wildman–Crippen MR) is 83.6 cm³/mol.